The average molecular weight is 468 g/mol. The normalized spacial score (nSPS) is 11.1. The topological polar surface area (TPSA) is 116 Å². The van der Waals surface area contributed by atoms with Crippen molar-refractivity contribution >= 4 is 44.0 Å². The number of carbonyl (C=O) groups excluding carboxylic acids is 3. The van der Waals surface area contributed by atoms with E-state index in [1.807, 2.05) is 13.8 Å². The Kier molecular flexibility index (Phi) is 7.96. The van der Waals surface area contributed by atoms with Gasteiger partial charge in [0.15, 0.2) is 16.4 Å². The molecule has 1 amide bonds. The van der Waals surface area contributed by atoms with Crippen molar-refractivity contribution in [1.82, 2.24) is 0 Å². The summed E-state index contributed by atoms with van der Waals surface area (Å²) in [6, 6.07) is 4.12. The smallest absolute Gasteiger partial charge is 0.341 e. The highest BCUT2D eigenvalue weighted by Gasteiger charge is 2.24. The minimum absolute atomic E-state index is 0.0188. The molecule has 1 aromatic carbocycles. The van der Waals surface area contributed by atoms with Gasteiger partial charge in [-0.2, -0.15) is 0 Å². The van der Waals surface area contributed by atoms with Crippen molar-refractivity contribution in [3.63, 3.8) is 0 Å². The van der Waals surface area contributed by atoms with Crippen LogP contribution in [0.25, 0.3) is 0 Å². The van der Waals surface area contributed by atoms with Crippen molar-refractivity contribution < 1.29 is 32.3 Å². The number of sulfone groups is 1. The first kappa shape index (κ1) is 24.5. The summed E-state index contributed by atoms with van der Waals surface area (Å²) in [5.74, 6) is -1.97. The summed E-state index contributed by atoms with van der Waals surface area (Å²) in [7, 11) is -3.50. The van der Waals surface area contributed by atoms with E-state index in [9.17, 15) is 22.8 Å². The predicted molar refractivity (Wildman–Crippen MR) is 118 cm³/mol. The highest BCUT2D eigenvalue weighted by Crippen LogP contribution is 2.34. The molecule has 0 unspecified atom stereocenters. The van der Waals surface area contributed by atoms with Crippen molar-refractivity contribution in [1.29, 1.82) is 0 Å². The molecular weight excluding hydrogens is 442 g/mol. The maximum atomic E-state index is 12.4. The lowest BCUT2D eigenvalue weighted by atomic mass is 10.1. The number of rotatable bonds is 8. The fraction of sp³-hybridized carbons (Fsp3) is 0.381. The first-order valence-corrected chi connectivity index (χ1v) is 12.3. The molecule has 0 radical (unpaired) electrons. The molecule has 0 bridgehead atoms. The molecule has 1 heterocycles. The molecule has 0 aliphatic heterocycles. The van der Waals surface area contributed by atoms with Crippen LogP contribution < -0.4 is 5.32 Å². The van der Waals surface area contributed by atoms with Gasteiger partial charge in [-0.3, -0.25) is 4.79 Å². The van der Waals surface area contributed by atoms with E-state index in [0.29, 0.717) is 22.5 Å². The Labute approximate surface area is 185 Å². The third-order valence-electron chi connectivity index (χ3n) is 4.49. The number of esters is 2. The third kappa shape index (κ3) is 5.92. The second-order valence-electron chi connectivity index (χ2n) is 6.79. The van der Waals surface area contributed by atoms with E-state index >= 15 is 0 Å². The standard InChI is InChI=1S/C21H25NO7S2/c1-6-15-13(4)30-19(18(15)21(25)28-7-2)22-17(23)11-29-20(24)16-10-14(31(5,26)27)9-8-12(16)3/h8-10H,6-7,11H2,1-5H3,(H,22,23). The lowest BCUT2D eigenvalue weighted by Gasteiger charge is -2.10. The Bertz CT molecular complexity index is 1120. The molecular formula is C21H25NO7S2. The number of thiophene rings is 1. The van der Waals surface area contributed by atoms with Gasteiger partial charge >= 0.3 is 11.9 Å². The number of nitrogens with one attached hydrogen (secondary N) is 1. The van der Waals surface area contributed by atoms with Gasteiger partial charge in [-0.05, 0) is 50.5 Å². The average Bonchev–Trinajstić information content (AvgIpc) is 3.00. The second-order valence-corrected chi connectivity index (χ2v) is 10.0. The molecule has 8 nitrogen and oxygen atoms in total. The van der Waals surface area contributed by atoms with Crippen LogP contribution >= 0.6 is 11.3 Å². The minimum Gasteiger partial charge on any atom is -0.462 e. The number of benzene rings is 1. The van der Waals surface area contributed by atoms with Crippen molar-refractivity contribution in [3.05, 3.63) is 45.3 Å². The van der Waals surface area contributed by atoms with Gasteiger partial charge in [0, 0.05) is 11.1 Å². The zero-order valence-corrected chi connectivity index (χ0v) is 19.7. The number of hydrogen-bond donors (Lipinski definition) is 1. The fourth-order valence-corrected chi connectivity index (χ4v) is 4.73. The molecule has 0 spiro atoms. The number of amides is 1. The Balaban J connectivity index is 2.15. The Morgan fingerprint density at radius 3 is 2.32 bits per heavy atom. The maximum Gasteiger partial charge on any atom is 0.341 e. The molecule has 10 heteroatoms. The van der Waals surface area contributed by atoms with Gasteiger partial charge < -0.3 is 14.8 Å². The summed E-state index contributed by atoms with van der Waals surface area (Å²) in [6.07, 6.45) is 1.63. The molecule has 1 aromatic heterocycles. The van der Waals surface area contributed by atoms with E-state index < -0.39 is 34.3 Å². The molecule has 0 aliphatic rings. The number of aryl methyl sites for hydroxylation is 2. The largest absolute Gasteiger partial charge is 0.462 e. The van der Waals surface area contributed by atoms with Crippen LogP contribution in [0.15, 0.2) is 23.1 Å². The van der Waals surface area contributed by atoms with Gasteiger partial charge in [0.05, 0.1) is 22.6 Å². The second kappa shape index (κ2) is 10.1. The van der Waals surface area contributed by atoms with Gasteiger partial charge in [-0.1, -0.05) is 13.0 Å². The zero-order valence-electron chi connectivity index (χ0n) is 18.0. The summed E-state index contributed by atoms with van der Waals surface area (Å²) < 4.78 is 33.6. The summed E-state index contributed by atoms with van der Waals surface area (Å²) in [4.78, 5) is 38.0. The van der Waals surface area contributed by atoms with Crippen LogP contribution in [0.4, 0.5) is 5.00 Å². The molecule has 0 atom stereocenters. The van der Waals surface area contributed by atoms with Crippen molar-refractivity contribution in [3.8, 4) is 0 Å². The highest BCUT2D eigenvalue weighted by atomic mass is 32.2. The maximum absolute atomic E-state index is 12.4. The summed E-state index contributed by atoms with van der Waals surface area (Å²) in [5, 5.41) is 2.95. The van der Waals surface area contributed by atoms with E-state index in [4.69, 9.17) is 9.47 Å². The van der Waals surface area contributed by atoms with E-state index in [1.54, 1.807) is 13.8 Å². The quantitative estimate of drug-likeness (QED) is 0.592. The van der Waals surface area contributed by atoms with E-state index in [1.165, 1.54) is 29.5 Å². The molecule has 0 fully saturated rings. The molecule has 1 N–H and O–H groups in total. The molecule has 0 saturated heterocycles. The molecule has 2 aromatic rings. The number of carbonyl (C=O) groups is 3. The minimum atomic E-state index is -3.50. The summed E-state index contributed by atoms with van der Waals surface area (Å²) >= 11 is 1.25. The lowest BCUT2D eigenvalue weighted by Crippen LogP contribution is -2.22. The van der Waals surface area contributed by atoms with Gasteiger partial charge in [-0.15, -0.1) is 11.3 Å². The van der Waals surface area contributed by atoms with Crippen molar-refractivity contribution in [2.45, 2.75) is 39.0 Å². The third-order valence-corrected chi connectivity index (χ3v) is 6.66. The van der Waals surface area contributed by atoms with Gasteiger partial charge in [-0.25, -0.2) is 18.0 Å². The number of anilines is 1. The van der Waals surface area contributed by atoms with E-state index in [-0.39, 0.29) is 17.1 Å². The first-order valence-electron chi connectivity index (χ1n) is 9.56. The fourth-order valence-electron chi connectivity index (χ4n) is 2.93. The molecule has 0 aliphatic carbocycles. The van der Waals surface area contributed by atoms with Gasteiger partial charge in [0.25, 0.3) is 5.91 Å². The van der Waals surface area contributed by atoms with E-state index in [2.05, 4.69) is 5.32 Å². The van der Waals surface area contributed by atoms with E-state index in [0.717, 1.165) is 16.7 Å². The Hall–Kier alpha value is -2.72. The molecule has 168 valence electrons. The summed E-state index contributed by atoms with van der Waals surface area (Å²) in [6.45, 7) is 6.68. The summed E-state index contributed by atoms with van der Waals surface area (Å²) in [5.41, 5.74) is 1.68. The van der Waals surface area contributed by atoms with Gasteiger partial charge in [0.1, 0.15) is 5.00 Å². The van der Waals surface area contributed by atoms with Crippen LogP contribution in [-0.2, 0) is 30.5 Å². The molecule has 31 heavy (non-hydrogen) atoms. The number of hydrogen-bond acceptors (Lipinski definition) is 8. The van der Waals surface area contributed by atoms with Crippen LogP contribution in [0, 0.1) is 13.8 Å². The van der Waals surface area contributed by atoms with Crippen LogP contribution in [0.3, 0.4) is 0 Å². The number of ether oxygens (including phenoxy) is 2. The SMILES string of the molecule is CCOC(=O)c1c(NC(=O)COC(=O)c2cc(S(C)(=O)=O)ccc2C)sc(C)c1CC. The Morgan fingerprint density at radius 2 is 1.74 bits per heavy atom. The van der Waals surface area contributed by atoms with Gasteiger partial charge in [0.2, 0.25) is 0 Å². The van der Waals surface area contributed by atoms with Crippen LogP contribution in [-0.4, -0.2) is 45.7 Å². The van der Waals surface area contributed by atoms with Crippen molar-refractivity contribution in [2.75, 3.05) is 24.8 Å². The van der Waals surface area contributed by atoms with Crippen LogP contribution in [0.5, 0.6) is 0 Å². The zero-order chi connectivity index (χ0) is 23.3. The first-order chi connectivity index (χ1) is 14.5. The predicted octanol–water partition coefficient (Wildman–Crippen LogP) is 3.30. The molecule has 2 rings (SSSR count). The molecule has 0 saturated carbocycles. The lowest BCUT2D eigenvalue weighted by molar-refractivity contribution is -0.119. The van der Waals surface area contributed by atoms with Crippen molar-refractivity contribution in [2.24, 2.45) is 0 Å². The Morgan fingerprint density at radius 1 is 1.06 bits per heavy atom. The highest BCUT2D eigenvalue weighted by molar-refractivity contribution is 7.90. The monoisotopic (exact) mass is 467 g/mol. The van der Waals surface area contributed by atoms with Crippen LogP contribution in [0.2, 0.25) is 0 Å². The van der Waals surface area contributed by atoms with Crippen LogP contribution in [0.1, 0.15) is 50.6 Å².